The summed E-state index contributed by atoms with van der Waals surface area (Å²) >= 11 is 5.49. The highest BCUT2D eigenvalue weighted by molar-refractivity contribution is 6.16. The van der Waals surface area contributed by atoms with Crippen LogP contribution in [0.3, 0.4) is 0 Å². The molecule has 13 heavy (non-hydrogen) atoms. The third-order valence-electron chi connectivity index (χ3n) is 1.27. The average Bonchev–Trinajstić information content (AvgIpc) is 2.52. The van der Waals surface area contributed by atoms with E-state index in [0.29, 0.717) is 18.1 Å². The predicted molar refractivity (Wildman–Crippen MR) is 48.8 cm³/mol. The zero-order valence-electron chi connectivity index (χ0n) is 7.13. The number of aromatic nitrogens is 1. The Hall–Kier alpha value is -1.23. The highest BCUT2D eigenvalue weighted by Gasteiger charge is 2.05. The van der Waals surface area contributed by atoms with E-state index in [1.165, 1.54) is 0 Å². The Morgan fingerprint density at radius 2 is 2.54 bits per heavy atom. The van der Waals surface area contributed by atoms with E-state index in [2.05, 4.69) is 15.8 Å². The molecule has 0 aliphatic rings. The van der Waals surface area contributed by atoms with Crippen molar-refractivity contribution in [3.63, 3.8) is 0 Å². The van der Waals surface area contributed by atoms with Crippen molar-refractivity contribution < 1.29 is 9.32 Å². The molecule has 6 heteroatoms. The Labute approximate surface area is 80.4 Å². The molecule has 0 bridgehead atoms. The number of nitrogens with zero attached hydrogens (tertiary/aromatic N) is 1. The number of amides is 2. The van der Waals surface area contributed by atoms with Gasteiger partial charge in [-0.2, -0.15) is 0 Å². The minimum Gasteiger partial charge on any atom is -0.338 e. The van der Waals surface area contributed by atoms with Gasteiger partial charge in [-0.25, -0.2) is 4.79 Å². The molecule has 0 aromatic carbocycles. The van der Waals surface area contributed by atoms with Gasteiger partial charge in [0.15, 0.2) is 0 Å². The van der Waals surface area contributed by atoms with Gasteiger partial charge in [0.05, 0.1) is 5.88 Å². The van der Waals surface area contributed by atoms with E-state index in [-0.39, 0.29) is 11.9 Å². The van der Waals surface area contributed by atoms with Crippen molar-refractivity contribution in [2.24, 2.45) is 0 Å². The van der Waals surface area contributed by atoms with Gasteiger partial charge in [-0.1, -0.05) is 5.16 Å². The first-order valence-electron chi connectivity index (χ1n) is 3.82. The van der Waals surface area contributed by atoms with Crippen molar-refractivity contribution in [1.82, 2.24) is 10.5 Å². The lowest BCUT2D eigenvalue weighted by Gasteiger charge is -1.99. The van der Waals surface area contributed by atoms with E-state index in [1.54, 1.807) is 6.07 Å². The molecule has 5 nitrogen and oxygen atoms in total. The van der Waals surface area contributed by atoms with Gasteiger partial charge in [0.25, 0.3) is 0 Å². The predicted octanol–water partition coefficient (Wildman–Crippen LogP) is 1.55. The van der Waals surface area contributed by atoms with Crippen molar-refractivity contribution >= 4 is 23.5 Å². The molecule has 0 atom stereocenters. The minimum absolute atomic E-state index is 0.264. The number of urea groups is 1. The van der Waals surface area contributed by atoms with Crippen LogP contribution in [0.25, 0.3) is 0 Å². The second kappa shape index (κ2) is 4.71. The second-order valence-corrected chi connectivity index (χ2v) is 2.57. The average molecular weight is 204 g/mol. The van der Waals surface area contributed by atoms with Crippen LogP contribution in [0.5, 0.6) is 0 Å². The number of carbonyl (C=O) groups is 1. The number of carbonyl (C=O) groups excluding carboxylic acids is 1. The summed E-state index contributed by atoms with van der Waals surface area (Å²) in [5.41, 5.74) is 0.591. The molecule has 2 N–H and O–H groups in total. The first-order valence-corrected chi connectivity index (χ1v) is 4.36. The number of halogens is 1. The Morgan fingerprint density at radius 3 is 3.08 bits per heavy atom. The van der Waals surface area contributed by atoms with E-state index >= 15 is 0 Å². The molecule has 0 unspecified atom stereocenters. The molecule has 0 radical (unpaired) electrons. The summed E-state index contributed by atoms with van der Waals surface area (Å²) in [6.45, 7) is 2.38. The van der Waals surface area contributed by atoms with Gasteiger partial charge in [0, 0.05) is 12.6 Å². The Kier molecular flexibility index (Phi) is 3.57. The lowest BCUT2D eigenvalue weighted by molar-refractivity contribution is 0.251. The van der Waals surface area contributed by atoms with E-state index in [9.17, 15) is 4.79 Å². The molecule has 0 fully saturated rings. The molecule has 2 amide bonds. The fourth-order valence-corrected chi connectivity index (χ4v) is 0.876. The van der Waals surface area contributed by atoms with Crippen LogP contribution in [-0.2, 0) is 5.88 Å². The van der Waals surface area contributed by atoms with Crippen molar-refractivity contribution in [2.75, 3.05) is 11.9 Å². The molecule has 0 aliphatic carbocycles. The normalized spacial score (nSPS) is 9.69. The maximum atomic E-state index is 11.0. The van der Waals surface area contributed by atoms with Crippen molar-refractivity contribution in [3.8, 4) is 0 Å². The van der Waals surface area contributed by atoms with Crippen LogP contribution < -0.4 is 10.6 Å². The molecule has 1 heterocycles. The van der Waals surface area contributed by atoms with Gasteiger partial charge in [-0.05, 0) is 6.92 Å². The molecule has 0 aliphatic heterocycles. The van der Waals surface area contributed by atoms with Gasteiger partial charge in [0.2, 0.25) is 5.88 Å². The monoisotopic (exact) mass is 203 g/mol. The number of anilines is 1. The second-order valence-electron chi connectivity index (χ2n) is 2.30. The topological polar surface area (TPSA) is 67.2 Å². The molecule has 1 rings (SSSR count). The third-order valence-corrected chi connectivity index (χ3v) is 1.54. The van der Waals surface area contributed by atoms with E-state index < -0.39 is 0 Å². The molecule has 0 saturated heterocycles. The molecular weight excluding hydrogens is 194 g/mol. The standard InChI is InChI=1S/C7H10ClN3O2/c1-2-9-7(12)10-6-3-5(4-8)11-13-6/h3H,2,4H2,1H3,(H2,9,10,12). The summed E-state index contributed by atoms with van der Waals surface area (Å²) in [5.74, 6) is 0.558. The van der Waals surface area contributed by atoms with E-state index in [0.717, 1.165) is 0 Å². The van der Waals surface area contributed by atoms with Gasteiger partial charge >= 0.3 is 6.03 Å². The molecule has 1 aromatic heterocycles. The van der Waals surface area contributed by atoms with Crippen LogP contribution in [-0.4, -0.2) is 17.7 Å². The molecule has 0 saturated carbocycles. The maximum absolute atomic E-state index is 11.0. The fraction of sp³-hybridized carbons (Fsp3) is 0.429. The Balaban J connectivity index is 2.49. The zero-order valence-corrected chi connectivity index (χ0v) is 7.89. The first kappa shape index (κ1) is 9.85. The lowest BCUT2D eigenvalue weighted by atomic mass is 10.5. The molecular formula is C7H10ClN3O2. The lowest BCUT2D eigenvalue weighted by Crippen LogP contribution is -2.27. The number of hydrogen-bond acceptors (Lipinski definition) is 3. The van der Waals surface area contributed by atoms with Crippen LogP contribution in [0.4, 0.5) is 10.7 Å². The molecule has 0 spiro atoms. The van der Waals surface area contributed by atoms with Crippen molar-refractivity contribution in [2.45, 2.75) is 12.8 Å². The van der Waals surface area contributed by atoms with Gasteiger partial charge in [-0.3, -0.25) is 5.32 Å². The molecule has 1 aromatic rings. The van der Waals surface area contributed by atoms with Crippen molar-refractivity contribution in [1.29, 1.82) is 0 Å². The van der Waals surface area contributed by atoms with Crippen LogP contribution in [0.15, 0.2) is 10.6 Å². The highest BCUT2D eigenvalue weighted by Crippen LogP contribution is 2.10. The van der Waals surface area contributed by atoms with E-state index in [4.69, 9.17) is 16.1 Å². The quantitative estimate of drug-likeness (QED) is 0.733. The SMILES string of the molecule is CCNC(=O)Nc1cc(CCl)no1. The zero-order chi connectivity index (χ0) is 9.68. The largest absolute Gasteiger partial charge is 0.338 e. The third kappa shape index (κ3) is 2.95. The minimum atomic E-state index is -0.320. The summed E-state index contributed by atoms with van der Waals surface area (Å²) in [6.07, 6.45) is 0. The smallest absolute Gasteiger partial charge is 0.321 e. The maximum Gasteiger partial charge on any atom is 0.321 e. The first-order chi connectivity index (χ1) is 6.26. The summed E-state index contributed by atoms with van der Waals surface area (Å²) in [4.78, 5) is 11.0. The van der Waals surface area contributed by atoms with Gasteiger partial charge in [-0.15, -0.1) is 11.6 Å². The van der Waals surface area contributed by atoms with Gasteiger partial charge < -0.3 is 9.84 Å². The number of nitrogens with one attached hydrogen (secondary N) is 2. The Bertz CT molecular complexity index is 287. The van der Waals surface area contributed by atoms with Crippen LogP contribution in [0.1, 0.15) is 12.6 Å². The summed E-state index contributed by atoms with van der Waals surface area (Å²) in [5, 5.41) is 8.61. The summed E-state index contributed by atoms with van der Waals surface area (Å²) < 4.78 is 4.77. The van der Waals surface area contributed by atoms with Crippen molar-refractivity contribution in [3.05, 3.63) is 11.8 Å². The van der Waals surface area contributed by atoms with Gasteiger partial charge in [0.1, 0.15) is 5.69 Å². The summed E-state index contributed by atoms with van der Waals surface area (Å²) in [7, 11) is 0. The number of alkyl halides is 1. The summed E-state index contributed by atoms with van der Waals surface area (Å²) in [6, 6.07) is 1.25. The van der Waals surface area contributed by atoms with Crippen LogP contribution in [0.2, 0.25) is 0 Å². The number of hydrogen-bond donors (Lipinski definition) is 2. The highest BCUT2D eigenvalue weighted by atomic mass is 35.5. The van der Waals surface area contributed by atoms with Crippen LogP contribution in [0, 0.1) is 0 Å². The Morgan fingerprint density at radius 1 is 1.77 bits per heavy atom. The van der Waals surface area contributed by atoms with E-state index in [1.807, 2.05) is 6.92 Å². The molecule has 72 valence electrons. The fourth-order valence-electron chi connectivity index (χ4n) is 0.750. The number of rotatable bonds is 3. The van der Waals surface area contributed by atoms with Crippen LogP contribution >= 0.6 is 11.6 Å².